The zero-order chi connectivity index (χ0) is 19.7. The third-order valence-electron chi connectivity index (χ3n) is 5.34. The second-order valence-electron chi connectivity index (χ2n) is 7.87. The first-order valence-electron chi connectivity index (χ1n) is 9.79. The molecule has 3 heterocycles. The van der Waals surface area contributed by atoms with Gasteiger partial charge in [0.05, 0.1) is 18.2 Å². The van der Waals surface area contributed by atoms with E-state index in [4.69, 9.17) is 0 Å². The fraction of sp³-hybridized carbons (Fsp3) is 0.429. The molecule has 7 nitrogen and oxygen atoms in total. The van der Waals surface area contributed by atoms with Gasteiger partial charge in [-0.25, -0.2) is 9.67 Å². The van der Waals surface area contributed by atoms with E-state index in [2.05, 4.69) is 23.9 Å². The van der Waals surface area contributed by atoms with Gasteiger partial charge in [-0.3, -0.25) is 14.2 Å². The molecule has 7 heteroatoms. The van der Waals surface area contributed by atoms with Crippen molar-refractivity contribution in [3.63, 3.8) is 0 Å². The molecule has 0 bridgehead atoms. The highest BCUT2D eigenvalue weighted by Crippen LogP contribution is 2.21. The minimum atomic E-state index is -0.166. The molecule has 1 aromatic carbocycles. The molecule has 0 spiro atoms. The van der Waals surface area contributed by atoms with Gasteiger partial charge >= 0.3 is 0 Å². The molecule has 0 saturated carbocycles. The summed E-state index contributed by atoms with van der Waals surface area (Å²) in [4.78, 5) is 31.8. The number of nitrogens with zero attached hydrogens (tertiary/aromatic N) is 5. The van der Waals surface area contributed by atoms with Crippen LogP contribution in [0.5, 0.6) is 0 Å². The number of rotatable bonds is 4. The molecule has 1 fully saturated rings. The van der Waals surface area contributed by atoms with E-state index in [9.17, 15) is 9.59 Å². The van der Waals surface area contributed by atoms with E-state index in [0.717, 1.165) is 25.2 Å². The van der Waals surface area contributed by atoms with Crippen molar-refractivity contribution in [3.8, 4) is 5.69 Å². The maximum atomic E-state index is 12.8. The van der Waals surface area contributed by atoms with Crippen molar-refractivity contribution in [3.05, 3.63) is 53.2 Å². The van der Waals surface area contributed by atoms with Crippen LogP contribution in [0.2, 0.25) is 0 Å². The minimum Gasteiger partial charge on any atom is -0.342 e. The first-order chi connectivity index (χ1) is 13.5. The molecule has 0 aliphatic carbocycles. The van der Waals surface area contributed by atoms with Crippen molar-refractivity contribution in [2.45, 2.75) is 33.2 Å². The fourth-order valence-corrected chi connectivity index (χ4v) is 4.11. The van der Waals surface area contributed by atoms with Crippen LogP contribution in [0.15, 0.2) is 47.7 Å². The normalized spacial score (nSPS) is 19.9. The molecule has 0 radical (unpaired) electrons. The topological polar surface area (TPSA) is 73.0 Å². The Morgan fingerprint density at radius 1 is 1.14 bits per heavy atom. The van der Waals surface area contributed by atoms with Gasteiger partial charge in [0.25, 0.3) is 5.56 Å². The summed E-state index contributed by atoms with van der Waals surface area (Å²) in [6, 6.07) is 9.59. The molecule has 146 valence electrons. The number of aromatic nitrogens is 4. The standard InChI is InChI=1S/C21H25N5O2/c1-15-10-16(2)13-25(12-15)19(27)8-9-24-14-22-20-18(21(24)28)11-23-26(20)17-6-4-3-5-7-17/h3-7,11,14-16H,8-10,12-13H2,1-2H3. The summed E-state index contributed by atoms with van der Waals surface area (Å²) in [5.74, 6) is 1.15. The van der Waals surface area contributed by atoms with Crippen molar-refractivity contribution in [1.82, 2.24) is 24.2 Å². The van der Waals surface area contributed by atoms with Gasteiger partial charge in [0, 0.05) is 26.1 Å². The van der Waals surface area contributed by atoms with Crippen LogP contribution < -0.4 is 5.56 Å². The van der Waals surface area contributed by atoms with Crippen LogP contribution in [0.4, 0.5) is 0 Å². The highest BCUT2D eigenvalue weighted by atomic mass is 16.2. The summed E-state index contributed by atoms with van der Waals surface area (Å²) in [5, 5.41) is 4.78. The first kappa shape index (κ1) is 18.4. The Bertz CT molecular complexity index is 1030. The van der Waals surface area contributed by atoms with Crippen molar-refractivity contribution >= 4 is 16.9 Å². The summed E-state index contributed by atoms with van der Waals surface area (Å²) in [6.45, 7) is 6.31. The molecule has 28 heavy (non-hydrogen) atoms. The number of hydrogen-bond acceptors (Lipinski definition) is 4. The van der Waals surface area contributed by atoms with E-state index in [0.29, 0.717) is 35.8 Å². The largest absolute Gasteiger partial charge is 0.342 e. The summed E-state index contributed by atoms with van der Waals surface area (Å²) < 4.78 is 3.16. The quantitative estimate of drug-likeness (QED) is 0.698. The molecule has 2 atom stereocenters. The zero-order valence-electron chi connectivity index (χ0n) is 16.3. The van der Waals surface area contributed by atoms with Crippen LogP contribution in [0.25, 0.3) is 16.7 Å². The monoisotopic (exact) mass is 379 g/mol. The summed E-state index contributed by atoms with van der Waals surface area (Å²) in [7, 11) is 0. The summed E-state index contributed by atoms with van der Waals surface area (Å²) in [6.07, 6.45) is 4.53. The second kappa shape index (κ2) is 7.58. The molecule has 0 N–H and O–H groups in total. The van der Waals surface area contributed by atoms with Crippen molar-refractivity contribution in [2.24, 2.45) is 11.8 Å². The molecule has 1 saturated heterocycles. The molecule has 1 aliphatic rings. The second-order valence-corrected chi connectivity index (χ2v) is 7.87. The Kier molecular flexibility index (Phi) is 4.98. The van der Waals surface area contributed by atoms with Gasteiger partial charge < -0.3 is 4.90 Å². The Morgan fingerprint density at radius 3 is 2.57 bits per heavy atom. The lowest BCUT2D eigenvalue weighted by Gasteiger charge is -2.35. The van der Waals surface area contributed by atoms with Gasteiger partial charge in [0.2, 0.25) is 5.91 Å². The average molecular weight is 379 g/mol. The average Bonchev–Trinajstić information content (AvgIpc) is 3.12. The van der Waals surface area contributed by atoms with E-state index < -0.39 is 0 Å². The van der Waals surface area contributed by atoms with Crippen molar-refractivity contribution in [1.29, 1.82) is 0 Å². The molecule has 2 aromatic heterocycles. The molecule has 1 aliphatic heterocycles. The zero-order valence-corrected chi connectivity index (χ0v) is 16.3. The summed E-state index contributed by atoms with van der Waals surface area (Å²) in [5.41, 5.74) is 1.21. The van der Waals surface area contributed by atoms with E-state index in [1.807, 2.05) is 35.2 Å². The van der Waals surface area contributed by atoms with E-state index in [-0.39, 0.29) is 11.5 Å². The number of carbonyl (C=O) groups excluding carboxylic acids is 1. The van der Waals surface area contributed by atoms with Crippen molar-refractivity contribution < 1.29 is 4.79 Å². The number of likely N-dealkylation sites (tertiary alicyclic amines) is 1. The van der Waals surface area contributed by atoms with E-state index in [1.54, 1.807) is 10.9 Å². The van der Waals surface area contributed by atoms with Crippen LogP contribution in [-0.4, -0.2) is 43.2 Å². The van der Waals surface area contributed by atoms with E-state index in [1.165, 1.54) is 10.9 Å². The van der Waals surface area contributed by atoms with Crippen molar-refractivity contribution in [2.75, 3.05) is 13.1 Å². The Balaban J connectivity index is 1.52. The van der Waals surface area contributed by atoms with E-state index >= 15 is 0 Å². The number of aryl methyl sites for hydroxylation is 1. The first-order valence-corrected chi connectivity index (χ1v) is 9.79. The van der Waals surface area contributed by atoms with Crippen LogP contribution in [0.3, 0.4) is 0 Å². The van der Waals surface area contributed by atoms with Gasteiger partial charge in [-0.2, -0.15) is 5.10 Å². The molecule has 3 aromatic rings. The molecular weight excluding hydrogens is 354 g/mol. The summed E-state index contributed by atoms with van der Waals surface area (Å²) >= 11 is 0. The van der Waals surface area contributed by atoms with Crippen LogP contribution in [0, 0.1) is 11.8 Å². The van der Waals surface area contributed by atoms with Gasteiger partial charge in [0.1, 0.15) is 5.39 Å². The smallest absolute Gasteiger partial charge is 0.264 e. The Hall–Kier alpha value is -2.96. The predicted octanol–water partition coefficient (Wildman–Crippen LogP) is 2.48. The third kappa shape index (κ3) is 3.56. The van der Waals surface area contributed by atoms with Gasteiger partial charge in [-0.05, 0) is 30.4 Å². The fourth-order valence-electron chi connectivity index (χ4n) is 4.11. The molecule has 2 unspecified atom stereocenters. The third-order valence-corrected chi connectivity index (χ3v) is 5.34. The SMILES string of the molecule is CC1CC(C)CN(C(=O)CCn2cnc3c(cnn3-c3ccccc3)c2=O)C1. The minimum absolute atomic E-state index is 0.102. The van der Waals surface area contributed by atoms with Gasteiger partial charge in [0.15, 0.2) is 5.65 Å². The Labute approximate surface area is 163 Å². The number of para-hydroxylation sites is 1. The lowest BCUT2D eigenvalue weighted by atomic mass is 9.92. The van der Waals surface area contributed by atoms with Crippen LogP contribution in [0.1, 0.15) is 26.7 Å². The molecule has 1 amide bonds. The Morgan fingerprint density at radius 2 is 1.86 bits per heavy atom. The van der Waals surface area contributed by atoms with Gasteiger partial charge in [-0.15, -0.1) is 0 Å². The number of piperidine rings is 1. The van der Waals surface area contributed by atoms with Gasteiger partial charge in [-0.1, -0.05) is 32.0 Å². The van der Waals surface area contributed by atoms with Crippen LogP contribution >= 0.6 is 0 Å². The lowest BCUT2D eigenvalue weighted by molar-refractivity contribution is -0.134. The highest BCUT2D eigenvalue weighted by Gasteiger charge is 2.25. The number of hydrogen-bond donors (Lipinski definition) is 0. The number of benzene rings is 1. The lowest BCUT2D eigenvalue weighted by Crippen LogP contribution is -2.43. The maximum absolute atomic E-state index is 12.8. The molecule has 4 rings (SSSR count). The predicted molar refractivity (Wildman–Crippen MR) is 107 cm³/mol. The van der Waals surface area contributed by atoms with Crippen LogP contribution in [-0.2, 0) is 11.3 Å². The number of amides is 1. The molecular formula is C21H25N5O2. The maximum Gasteiger partial charge on any atom is 0.264 e. The highest BCUT2D eigenvalue weighted by molar-refractivity contribution is 5.77. The number of fused-ring (bicyclic) bond motifs is 1. The number of carbonyl (C=O) groups is 1.